The third-order valence-electron chi connectivity index (χ3n) is 3.95. The number of pyridine rings is 1. The summed E-state index contributed by atoms with van der Waals surface area (Å²) in [6, 6.07) is 8.58. The summed E-state index contributed by atoms with van der Waals surface area (Å²) < 4.78 is 5.07. The van der Waals surface area contributed by atoms with Crippen LogP contribution in [0.2, 0.25) is 0 Å². The summed E-state index contributed by atoms with van der Waals surface area (Å²) in [5.74, 6) is 2.08. The molecule has 0 bridgehead atoms. The molecule has 0 saturated carbocycles. The highest BCUT2D eigenvalue weighted by molar-refractivity contribution is 5.94. The zero-order chi connectivity index (χ0) is 14.9. The number of fused-ring (bicyclic) bond motifs is 1. The number of hydrogen-bond donors (Lipinski definition) is 2. The van der Waals surface area contributed by atoms with Gasteiger partial charge in [0.2, 0.25) is 11.7 Å². The number of nitrogens with zero attached hydrogens (tertiary/aromatic N) is 3. The predicted octanol–water partition coefficient (Wildman–Crippen LogP) is 2.37. The van der Waals surface area contributed by atoms with Crippen molar-refractivity contribution in [3.8, 4) is 11.4 Å². The number of benzene rings is 1. The first-order valence-corrected chi connectivity index (χ1v) is 7.46. The first kappa shape index (κ1) is 13.2. The summed E-state index contributed by atoms with van der Waals surface area (Å²) in [5, 5.41) is 13.1. The minimum absolute atomic E-state index is 0.425. The zero-order valence-corrected chi connectivity index (χ0v) is 12.3. The van der Waals surface area contributed by atoms with Crippen molar-refractivity contribution in [1.29, 1.82) is 0 Å². The molecule has 22 heavy (non-hydrogen) atoms. The minimum atomic E-state index is 0.425. The lowest BCUT2D eigenvalue weighted by atomic mass is 10.1. The number of anilines is 1. The molecule has 0 amide bonds. The van der Waals surface area contributed by atoms with Crippen LogP contribution in [0, 0.1) is 6.92 Å². The molecular formula is C16H17N5O. The molecule has 4 rings (SSSR count). The van der Waals surface area contributed by atoms with Crippen molar-refractivity contribution in [2.75, 3.05) is 18.4 Å². The van der Waals surface area contributed by atoms with Crippen molar-refractivity contribution in [2.45, 2.75) is 19.4 Å². The topological polar surface area (TPSA) is 75.9 Å². The molecule has 2 aromatic heterocycles. The lowest BCUT2D eigenvalue weighted by Gasteiger charge is -2.14. The molecule has 0 aliphatic carbocycles. The van der Waals surface area contributed by atoms with Gasteiger partial charge in [0.05, 0.1) is 0 Å². The fourth-order valence-corrected chi connectivity index (χ4v) is 2.81. The van der Waals surface area contributed by atoms with Gasteiger partial charge in [-0.25, -0.2) is 4.98 Å². The number of aryl methyl sites for hydroxylation is 1. The molecule has 1 saturated heterocycles. The van der Waals surface area contributed by atoms with E-state index in [-0.39, 0.29) is 0 Å². The molecule has 1 aromatic carbocycles. The van der Waals surface area contributed by atoms with E-state index in [4.69, 9.17) is 4.52 Å². The van der Waals surface area contributed by atoms with Gasteiger partial charge in [0.15, 0.2) is 0 Å². The van der Waals surface area contributed by atoms with Crippen LogP contribution in [0.1, 0.15) is 12.3 Å². The van der Waals surface area contributed by atoms with Crippen LogP contribution in [0.15, 0.2) is 35.0 Å². The largest absolute Gasteiger partial charge is 0.365 e. The Morgan fingerprint density at radius 1 is 1.32 bits per heavy atom. The maximum Gasteiger partial charge on any atom is 0.223 e. The first-order valence-electron chi connectivity index (χ1n) is 7.46. The van der Waals surface area contributed by atoms with E-state index in [1.807, 2.05) is 18.3 Å². The van der Waals surface area contributed by atoms with E-state index in [9.17, 15) is 0 Å². The molecule has 1 aliphatic rings. The zero-order valence-electron chi connectivity index (χ0n) is 12.3. The molecule has 6 nitrogen and oxygen atoms in total. The van der Waals surface area contributed by atoms with Gasteiger partial charge in [-0.3, -0.25) is 0 Å². The van der Waals surface area contributed by atoms with Gasteiger partial charge >= 0.3 is 0 Å². The average molecular weight is 295 g/mol. The van der Waals surface area contributed by atoms with Crippen molar-refractivity contribution < 1.29 is 4.52 Å². The summed E-state index contributed by atoms with van der Waals surface area (Å²) in [7, 11) is 0. The van der Waals surface area contributed by atoms with Gasteiger partial charge in [-0.05, 0) is 30.5 Å². The van der Waals surface area contributed by atoms with Crippen LogP contribution in [0.25, 0.3) is 22.2 Å². The molecule has 1 aliphatic heterocycles. The quantitative estimate of drug-likeness (QED) is 0.772. The minimum Gasteiger partial charge on any atom is -0.365 e. The Balaban J connectivity index is 1.76. The molecule has 2 N–H and O–H groups in total. The van der Waals surface area contributed by atoms with E-state index in [2.05, 4.69) is 37.9 Å². The highest BCUT2D eigenvalue weighted by Crippen LogP contribution is 2.27. The van der Waals surface area contributed by atoms with E-state index in [0.717, 1.165) is 41.7 Å². The van der Waals surface area contributed by atoms with Crippen LogP contribution in [0.5, 0.6) is 0 Å². The SMILES string of the molecule is Cc1nc(-c2ccc3ccnc(N[C@@H]4CCNC4)c3c2)no1. The van der Waals surface area contributed by atoms with Crippen molar-refractivity contribution in [3.05, 3.63) is 36.4 Å². The molecule has 3 aromatic rings. The van der Waals surface area contributed by atoms with E-state index >= 15 is 0 Å². The number of hydrogen-bond acceptors (Lipinski definition) is 6. The molecule has 3 heterocycles. The Morgan fingerprint density at radius 3 is 3.05 bits per heavy atom. The fourth-order valence-electron chi connectivity index (χ4n) is 2.81. The third-order valence-corrected chi connectivity index (χ3v) is 3.95. The summed E-state index contributed by atoms with van der Waals surface area (Å²) in [4.78, 5) is 8.80. The molecule has 0 radical (unpaired) electrons. The fraction of sp³-hybridized carbons (Fsp3) is 0.312. The van der Waals surface area contributed by atoms with Gasteiger partial charge in [-0.1, -0.05) is 17.3 Å². The van der Waals surface area contributed by atoms with E-state index in [0.29, 0.717) is 17.8 Å². The number of aromatic nitrogens is 3. The van der Waals surface area contributed by atoms with Crippen molar-refractivity contribution >= 4 is 16.6 Å². The standard InChI is InChI=1S/C16H17N5O/c1-10-19-15(21-22-10)12-3-2-11-4-7-18-16(14(11)8-12)20-13-5-6-17-9-13/h2-4,7-8,13,17H,5-6,9H2,1H3,(H,18,20)/t13-/m1/s1. The normalized spacial score (nSPS) is 18.0. The summed E-state index contributed by atoms with van der Waals surface area (Å²) >= 11 is 0. The summed E-state index contributed by atoms with van der Waals surface area (Å²) in [6.07, 6.45) is 2.95. The Hall–Kier alpha value is -2.47. The molecule has 1 atom stereocenters. The van der Waals surface area contributed by atoms with Gasteiger partial charge in [0.25, 0.3) is 0 Å². The van der Waals surface area contributed by atoms with Gasteiger partial charge in [-0.2, -0.15) is 4.98 Å². The number of rotatable bonds is 3. The molecule has 0 unspecified atom stereocenters. The molecule has 1 fully saturated rings. The van der Waals surface area contributed by atoms with Crippen LogP contribution in [0.3, 0.4) is 0 Å². The van der Waals surface area contributed by atoms with Crippen LogP contribution >= 0.6 is 0 Å². The highest BCUT2D eigenvalue weighted by atomic mass is 16.5. The van der Waals surface area contributed by atoms with Gasteiger partial charge in [0.1, 0.15) is 5.82 Å². The van der Waals surface area contributed by atoms with Crippen molar-refractivity contribution in [1.82, 2.24) is 20.4 Å². The average Bonchev–Trinajstić information content (AvgIpc) is 3.19. The van der Waals surface area contributed by atoms with Crippen LogP contribution in [-0.2, 0) is 0 Å². The highest BCUT2D eigenvalue weighted by Gasteiger charge is 2.16. The lowest BCUT2D eigenvalue weighted by Crippen LogP contribution is -2.22. The molecule has 0 spiro atoms. The second kappa shape index (κ2) is 5.38. The van der Waals surface area contributed by atoms with E-state index < -0.39 is 0 Å². The Kier molecular flexibility index (Phi) is 3.23. The van der Waals surface area contributed by atoms with Crippen molar-refractivity contribution in [2.24, 2.45) is 0 Å². The Morgan fingerprint density at radius 2 is 2.27 bits per heavy atom. The molecular weight excluding hydrogens is 278 g/mol. The first-order chi connectivity index (χ1) is 10.8. The monoisotopic (exact) mass is 295 g/mol. The van der Waals surface area contributed by atoms with Crippen molar-refractivity contribution in [3.63, 3.8) is 0 Å². The number of nitrogens with one attached hydrogen (secondary N) is 2. The summed E-state index contributed by atoms with van der Waals surface area (Å²) in [5.41, 5.74) is 0.935. The predicted molar refractivity (Wildman–Crippen MR) is 84.7 cm³/mol. The van der Waals surface area contributed by atoms with Gasteiger partial charge < -0.3 is 15.2 Å². The lowest BCUT2D eigenvalue weighted by molar-refractivity contribution is 0.394. The molecule has 6 heteroatoms. The Bertz CT molecular complexity index is 807. The second-order valence-corrected chi connectivity index (χ2v) is 5.57. The van der Waals surface area contributed by atoms with E-state index in [1.165, 1.54) is 0 Å². The van der Waals surface area contributed by atoms with Crippen LogP contribution in [-0.4, -0.2) is 34.3 Å². The smallest absolute Gasteiger partial charge is 0.223 e. The van der Waals surface area contributed by atoms with Crippen LogP contribution < -0.4 is 10.6 Å². The molecule has 112 valence electrons. The summed E-state index contributed by atoms with van der Waals surface area (Å²) in [6.45, 7) is 3.82. The second-order valence-electron chi connectivity index (χ2n) is 5.57. The van der Waals surface area contributed by atoms with Gasteiger partial charge in [0, 0.05) is 36.7 Å². The van der Waals surface area contributed by atoms with Crippen LogP contribution in [0.4, 0.5) is 5.82 Å². The van der Waals surface area contributed by atoms with Gasteiger partial charge in [-0.15, -0.1) is 0 Å². The maximum atomic E-state index is 5.07. The van der Waals surface area contributed by atoms with E-state index in [1.54, 1.807) is 6.92 Å². The maximum absolute atomic E-state index is 5.07. The Labute approximate surface area is 127 Å². The third kappa shape index (κ3) is 2.42.